The second-order valence-corrected chi connectivity index (χ2v) is 9.03. The minimum absolute atomic E-state index is 0.156. The van der Waals surface area contributed by atoms with Gasteiger partial charge in [-0.15, -0.1) is 0 Å². The van der Waals surface area contributed by atoms with Gasteiger partial charge in [-0.1, -0.05) is 0 Å². The molecule has 10 unspecified atom stereocenters. The first-order valence-corrected chi connectivity index (χ1v) is 11.8. The first kappa shape index (κ1) is 30.0. The predicted octanol–water partition coefficient (Wildman–Crippen LogP) is -6.59. The number of nitrogens with zero attached hydrogens (tertiary/aromatic N) is 2. The van der Waals surface area contributed by atoms with Gasteiger partial charge in [-0.2, -0.15) is 0 Å². The number of hydroxylamine groups is 4. The first-order chi connectivity index (χ1) is 18.9. The van der Waals surface area contributed by atoms with Crippen LogP contribution in [0.15, 0.2) is 59.0 Å². The highest BCUT2D eigenvalue weighted by molar-refractivity contribution is 5.46. The maximum absolute atomic E-state index is 13.2. The topological polar surface area (TPSA) is 292 Å². The van der Waals surface area contributed by atoms with E-state index in [-0.39, 0.29) is 10.1 Å². The highest BCUT2D eigenvalue weighted by atomic mass is 16.7. The summed E-state index contributed by atoms with van der Waals surface area (Å²) in [5.41, 5.74) is -1.79. The lowest BCUT2D eigenvalue weighted by atomic mass is 9.99. The number of hydrogen-bond acceptors (Lipinski definition) is 18. The molecule has 0 saturated carbocycles. The molecule has 2 fully saturated rings. The van der Waals surface area contributed by atoms with Crippen molar-refractivity contribution < 1.29 is 80.4 Å². The maximum atomic E-state index is 13.2. The Kier molecular flexibility index (Phi) is 8.89. The molecule has 4 aliphatic heterocycles. The monoisotopic (exact) mass is 576 g/mol. The Bertz CT molecular complexity index is 1020. The molecule has 0 aromatic heterocycles. The molecule has 18 heteroatoms. The fourth-order valence-corrected chi connectivity index (χ4v) is 4.22. The van der Waals surface area contributed by atoms with Crippen molar-refractivity contribution in [2.24, 2.45) is 0 Å². The van der Waals surface area contributed by atoms with Crippen LogP contribution in [0.3, 0.4) is 0 Å². The van der Waals surface area contributed by atoms with Crippen LogP contribution >= 0.6 is 0 Å². The van der Waals surface area contributed by atoms with Crippen LogP contribution in [-0.4, -0.2) is 136 Å². The van der Waals surface area contributed by atoms with Crippen LogP contribution in [0, 0.1) is 0 Å². The van der Waals surface area contributed by atoms with E-state index in [0.29, 0.717) is 0 Å². The van der Waals surface area contributed by atoms with Crippen LogP contribution < -0.4 is 10.2 Å². The molecule has 18 nitrogen and oxygen atoms in total. The van der Waals surface area contributed by atoms with Gasteiger partial charge in [0.1, 0.15) is 60.4 Å². The van der Waals surface area contributed by atoms with Gasteiger partial charge in [-0.3, -0.25) is 10.4 Å². The molecule has 2 saturated heterocycles. The number of aliphatic hydroxyl groups excluding tert-OH is 8. The molecule has 0 radical (unpaired) electrons. The molecule has 0 spiro atoms. The van der Waals surface area contributed by atoms with Crippen molar-refractivity contribution in [1.29, 1.82) is 0 Å². The number of rotatable bonds is 6. The Labute approximate surface area is 224 Å². The first-order valence-electron chi connectivity index (χ1n) is 11.8. The highest BCUT2D eigenvalue weighted by Crippen LogP contribution is 2.34. The molecular weight excluding hydrogens is 548 g/mol. The molecule has 10 atom stereocenters. The Morgan fingerprint density at radius 3 is 1.30 bits per heavy atom. The Balaban J connectivity index is 1.66. The summed E-state index contributed by atoms with van der Waals surface area (Å²) in [7, 11) is 0. The second kappa shape index (κ2) is 11.9. The minimum atomic E-state index is -1.89. The van der Waals surface area contributed by atoms with Gasteiger partial charge in [-0.25, -0.2) is 10.1 Å². The number of allylic oxidation sites excluding steroid dienone is 2. The molecule has 0 bridgehead atoms. The van der Waals surface area contributed by atoms with Crippen molar-refractivity contribution in [2.75, 3.05) is 13.2 Å². The van der Waals surface area contributed by atoms with E-state index in [1.165, 1.54) is 0 Å². The van der Waals surface area contributed by atoms with E-state index < -0.39 is 109 Å². The molecule has 224 valence electrons. The summed E-state index contributed by atoms with van der Waals surface area (Å²) >= 11 is 0. The van der Waals surface area contributed by atoms with Crippen LogP contribution in [0.4, 0.5) is 0 Å². The van der Waals surface area contributed by atoms with E-state index >= 15 is 0 Å². The fraction of sp³-hybridized carbons (Fsp3) is 0.545. The van der Waals surface area contributed by atoms with E-state index in [0.717, 1.165) is 24.6 Å². The zero-order chi connectivity index (χ0) is 29.5. The summed E-state index contributed by atoms with van der Waals surface area (Å²) in [5.74, 6) is -3.81. The molecule has 0 aliphatic carbocycles. The summed E-state index contributed by atoms with van der Waals surface area (Å²) in [5, 5.41) is 126. The van der Waals surface area contributed by atoms with E-state index in [2.05, 4.69) is 0 Å². The average molecular weight is 576 g/mol. The van der Waals surface area contributed by atoms with Crippen LogP contribution in [-0.2, 0) is 18.9 Å². The lowest BCUT2D eigenvalue weighted by Crippen LogP contribution is -2.59. The molecule has 0 aromatic rings. The minimum Gasteiger partial charge on any atom is -0.868 e. The molecular formula is C22H28N2O16-2. The Hall–Kier alpha value is -2.98. The van der Waals surface area contributed by atoms with Crippen molar-refractivity contribution in [1.82, 2.24) is 10.1 Å². The van der Waals surface area contributed by atoms with Crippen molar-refractivity contribution in [3.8, 4) is 0 Å². The summed E-state index contributed by atoms with van der Waals surface area (Å²) in [6.07, 6.45) is -13.8. The normalized spacial score (nSPS) is 40.6. The maximum Gasteiger partial charge on any atom is 0.229 e. The average Bonchev–Trinajstić information content (AvgIpc) is 2.93. The summed E-state index contributed by atoms with van der Waals surface area (Å²) in [6.45, 7) is -1.56. The summed E-state index contributed by atoms with van der Waals surface area (Å²) in [4.78, 5) is 0. The van der Waals surface area contributed by atoms with Crippen LogP contribution in [0.1, 0.15) is 0 Å². The van der Waals surface area contributed by atoms with Gasteiger partial charge in [0.25, 0.3) is 0 Å². The van der Waals surface area contributed by atoms with Crippen molar-refractivity contribution in [3.05, 3.63) is 59.0 Å². The third-order valence-corrected chi connectivity index (χ3v) is 6.48. The van der Waals surface area contributed by atoms with Crippen LogP contribution in [0.2, 0.25) is 0 Å². The zero-order valence-corrected chi connectivity index (χ0v) is 20.3. The van der Waals surface area contributed by atoms with Gasteiger partial charge >= 0.3 is 0 Å². The van der Waals surface area contributed by atoms with Gasteiger partial charge in [-0.05, 0) is 23.7 Å². The van der Waals surface area contributed by atoms with Crippen molar-refractivity contribution >= 4 is 0 Å². The fourth-order valence-electron chi connectivity index (χ4n) is 4.22. The molecule has 10 N–H and O–H groups in total. The SMILES string of the molecule is [O-]C1=C(OC2OC(CO)C(O)C(O)C2O)C=CN(O)C1=C1C([O-])=C(OC2OC(CO)C(O)C(O)C2O)C=CN1O. The lowest BCUT2D eigenvalue weighted by Gasteiger charge is -2.42. The lowest BCUT2D eigenvalue weighted by molar-refractivity contribution is -0.327. The Morgan fingerprint density at radius 1 is 0.625 bits per heavy atom. The third-order valence-electron chi connectivity index (χ3n) is 6.48. The van der Waals surface area contributed by atoms with E-state index in [1.54, 1.807) is 0 Å². The van der Waals surface area contributed by atoms with Gasteiger partial charge in [0, 0.05) is 12.4 Å². The predicted molar refractivity (Wildman–Crippen MR) is 116 cm³/mol. The van der Waals surface area contributed by atoms with E-state index in [1.807, 2.05) is 0 Å². The second-order valence-electron chi connectivity index (χ2n) is 9.03. The van der Waals surface area contributed by atoms with Crippen LogP contribution in [0.5, 0.6) is 0 Å². The molecule has 4 heterocycles. The molecule has 0 amide bonds. The van der Waals surface area contributed by atoms with Crippen molar-refractivity contribution in [2.45, 2.75) is 61.4 Å². The number of ether oxygens (including phenoxy) is 4. The highest BCUT2D eigenvalue weighted by Gasteiger charge is 2.46. The van der Waals surface area contributed by atoms with E-state index in [9.17, 15) is 61.5 Å². The van der Waals surface area contributed by atoms with E-state index in [4.69, 9.17) is 18.9 Å². The van der Waals surface area contributed by atoms with Gasteiger partial charge in [0.15, 0.2) is 0 Å². The molecule has 0 aromatic carbocycles. The summed E-state index contributed by atoms with van der Waals surface area (Å²) < 4.78 is 21.0. The molecule has 40 heavy (non-hydrogen) atoms. The molecule has 4 rings (SSSR count). The third kappa shape index (κ3) is 5.35. The van der Waals surface area contributed by atoms with Crippen LogP contribution in [0.25, 0.3) is 0 Å². The largest absolute Gasteiger partial charge is 0.868 e. The summed E-state index contributed by atoms with van der Waals surface area (Å²) in [6, 6.07) is 0. The van der Waals surface area contributed by atoms with Crippen molar-refractivity contribution in [3.63, 3.8) is 0 Å². The number of aliphatic hydroxyl groups is 8. The quantitative estimate of drug-likeness (QED) is 0.140. The number of hydrogen-bond donors (Lipinski definition) is 10. The van der Waals surface area contributed by atoms with Gasteiger partial charge < -0.3 is 70.0 Å². The molecule has 4 aliphatic rings. The Morgan fingerprint density at radius 2 is 0.975 bits per heavy atom. The smallest absolute Gasteiger partial charge is 0.229 e. The zero-order valence-electron chi connectivity index (χ0n) is 20.3. The van der Waals surface area contributed by atoms with Gasteiger partial charge in [0.05, 0.1) is 24.6 Å². The van der Waals surface area contributed by atoms with Gasteiger partial charge in [0.2, 0.25) is 12.6 Å². The standard InChI is InChI=1S/C22H30N2O16/c25-5-9-15(29)17(31)19(33)21(39-9)37-7-1-3-23(35)11(13(7)27)12-14(28)8(2-4-24(12)36)38-22-20(34)18(32)16(30)10(6-26)40-22/h1-4,9-10,15-22,25-36H,5-6H2/p-2.